The predicted molar refractivity (Wildman–Crippen MR) is 223 cm³/mol. The minimum absolute atomic E-state index is 0.00192. The largest absolute Gasteiger partial charge is 0.385 e. The molecule has 294 valence electrons. The third kappa shape index (κ3) is 8.42. The smallest absolute Gasteiger partial charge is 0.263 e. The first-order valence-corrected chi connectivity index (χ1v) is 20.4. The average molecular weight is 779 g/mol. The molecule has 7 rings (SSSR count). The summed E-state index contributed by atoms with van der Waals surface area (Å²) in [6.07, 6.45) is 8.41. The van der Waals surface area contributed by atoms with Crippen molar-refractivity contribution in [2.75, 3.05) is 48.3 Å². The van der Waals surface area contributed by atoms with Gasteiger partial charge >= 0.3 is 0 Å². The molecule has 2 fully saturated rings. The van der Waals surface area contributed by atoms with Crippen LogP contribution in [-0.4, -0.2) is 91.2 Å². The van der Waals surface area contributed by atoms with Crippen LogP contribution < -0.4 is 26.4 Å². The number of aryl methyl sites for hydroxylation is 2. The first kappa shape index (κ1) is 38.9. The quantitative estimate of drug-likeness (QED) is 0.121. The number of amides is 2. The maximum Gasteiger partial charge on any atom is 0.263 e. The monoisotopic (exact) mass is 778 g/mol. The number of anilines is 4. The van der Waals surface area contributed by atoms with E-state index in [-0.39, 0.29) is 40.8 Å². The Kier molecular flexibility index (Phi) is 11.7. The van der Waals surface area contributed by atoms with Gasteiger partial charge in [0.1, 0.15) is 11.5 Å². The molecule has 1 saturated carbocycles. The van der Waals surface area contributed by atoms with Gasteiger partial charge in [0.25, 0.3) is 11.5 Å². The molecule has 1 saturated heterocycles. The lowest BCUT2D eigenvalue weighted by Crippen LogP contribution is -2.48. The lowest BCUT2D eigenvalue weighted by atomic mass is 10.0. The summed E-state index contributed by atoms with van der Waals surface area (Å²) < 4.78 is 1.70. The highest BCUT2D eigenvalue weighted by atomic mass is 32.2. The van der Waals surface area contributed by atoms with Crippen LogP contribution in [0.5, 0.6) is 0 Å². The third-order valence-electron chi connectivity index (χ3n) is 11.1. The zero-order valence-corrected chi connectivity index (χ0v) is 33.5. The summed E-state index contributed by atoms with van der Waals surface area (Å²) >= 11 is 1.58. The average Bonchev–Trinajstić information content (AvgIpc) is 3.83. The minimum Gasteiger partial charge on any atom is -0.385 e. The summed E-state index contributed by atoms with van der Waals surface area (Å²) in [7, 11) is 0. The van der Waals surface area contributed by atoms with Crippen LogP contribution in [0.2, 0.25) is 0 Å². The van der Waals surface area contributed by atoms with E-state index < -0.39 is 0 Å². The first-order chi connectivity index (χ1) is 27.0. The van der Waals surface area contributed by atoms with Gasteiger partial charge in [-0.3, -0.25) is 28.7 Å². The number of aromatic nitrogens is 4. The summed E-state index contributed by atoms with van der Waals surface area (Å²) in [5.74, 6) is 0.608. The Morgan fingerprint density at radius 1 is 0.964 bits per heavy atom. The van der Waals surface area contributed by atoms with Crippen LogP contribution in [0, 0.1) is 13.8 Å². The van der Waals surface area contributed by atoms with Crippen LogP contribution in [0.15, 0.2) is 52.5 Å². The highest BCUT2D eigenvalue weighted by Crippen LogP contribution is 2.32. The molecular formula is C41H50N10O4S. The van der Waals surface area contributed by atoms with E-state index in [1.54, 1.807) is 35.6 Å². The molecule has 5 heterocycles. The summed E-state index contributed by atoms with van der Waals surface area (Å²) in [6.45, 7) is 12.6. The summed E-state index contributed by atoms with van der Waals surface area (Å²) in [5, 5.41) is 11.2. The topological polar surface area (TPSA) is 167 Å². The van der Waals surface area contributed by atoms with Gasteiger partial charge < -0.3 is 25.8 Å². The maximum absolute atomic E-state index is 13.5. The fourth-order valence-corrected chi connectivity index (χ4v) is 8.70. The van der Waals surface area contributed by atoms with Gasteiger partial charge in [0.05, 0.1) is 23.5 Å². The number of thioether (sulfide) groups is 1. The Bertz CT molecular complexity index is 2230. The van der Waals surface area contributed by atoms with Gasteiger partial charge in [-0.1, -0.05) is 37.6 Å². The van der Waals surface area contributed by atoms with Gasteiger partial charge in [0.2, 0.25) is 11.9 Å². The highest BCUT2D eigenvalue weighted by molar-refractivity contribution is 8.14. The molecular weight excluding hydrogens is 729 g/mol. The number of nitrogens with one attached hydrogen (secondary N) is 3. The molecule has 3 N–H and O–H groups in total. The van der Waals surface area contributed by atoms with Gasteiger partial charge in [-0.25, -0.2) is 9.97 Å². The number of amidine groups is 1. The number of aliphatic imine (C=N–C) groups is 1. The van der Waals surface area contributed by atoms with Crippen molar-refractivity contribution in [1.82, 2.24) is 29.7 Å². The van der Waals surface area contributed by atoms with E-state index in [4.69, 9.17) is 4.98 Å². The number of fused-ring (bicyclic) bond motifs is 1. The Morgan fingerprint density at radius 3 is 2.41 bits per heavy atom. The zero-order chi connectivity index (χ0) is 39.5. The number of pyridine rings is 2. The third-order valence-corrected chi connectivity index (χ3v) is 12.3. The Hall–Kier alpha value is -5.31. The number of rotatable bonds is 11. The van der Waals surface area contributed by atoms with Crippen LogP contribution in [0.4, 0.5) is 23.1 Å². The Labute approximate surface area is 331 Å². The van der Waals surface area contributed by atoms with Crippen LogP contribution in [0.3, 0.4) is 0 Å². The van der Waals surface area contributed by atoms with Gasteiger partial charge in [-0.2, -0.15) is 4.98 Å². The van der Waals surface area contributed by atoms with E-state index >= 15 is 0 Å². The van der Waals surface area contributed by atoms with E-state index in [2.05, 4.69) is 42.7 Å². The lowest BCUT2D eigenvalue weighted by Gasteiger charge is -2.36. The molecule has 15 heteroatoms. The maximum atomic E-state index is 13.5. The van der Waals surface area contributed by atoms with Crippen molar-refractivity contribution in [3.05, 3.63) is 75.3 Å². The molecule has 56 heavy (non-hydrogen) atoms. The molecule has 14 nitrogen and oxygen atoms in total. The number of piperazine rings is 1. The molecule has 2 amide bonds. The SMILES string of the molecule is CC(=O)c1c(C)c2cnc(Nc3ccc(N4CCN(C(=O)CCCNc5ccc(C)c(C(=O)NC6=NC(C)C(C)S6)c5)CC4)cn3)nc2n(C2CCCC2)c1=O. The number of carbonyl (C=O) groups excluding carboxylic acids is 3. The second kappa shape index (κ2) is 16.8. The number of ketones is 1. The number of hydrogen-bond donors (Lipinski definition) is 3. The molecule has 2 unspecified atom stereocenters. The van der Waals surface area contributed by atoms with Gasteiger partial charge in [0, 0.05) is 73.3 Å². The molecule has 3 aliphatic rings. The van der Waals surface area contributed by atoms with Crippen LogP contribution in [0.25, 0.3) is 11.0 Å². The van der Waals surface area contributed by atoms with Gasteiger partial charge in [-0.05, 0) is 82.3 Å². The highest BCUT2D eigenvalue weighted by Gasteiger charge is 2.27. The molecule has 1 aliphatic carbocycles. The van der Waals surface area contributed by atoms with Crippen LogP contribution >= 0.6 is 11.8 Å². The van der Waals surface area contributed by atoms with E-state index in [1.165, 1.54) is 6.92 Å². The first-order valence-electron chi connectivity index (χ1n) is 19.6. The van der Waals surface area contributed by atoms with Gasteiger partial charge in [0.15, 0.2) is 11.0 Å². The minimum atomic E-state index is -0.282. The standard InChI is InChI=1S/C41H50N10O4S/c1-24-12-13-29(21-32(24)38(54)48-41-45-26(3)28(5)56-41)42-16-8-11-35(53)50-19-17-49(18-20-50)31-14-15-34(43-22-31)46-40-44-23-33-25(2)36(27(4)52)39(55)51(37(33)47-40)30-9-6-7-10-30/h12-15,21-23,26,28,30,42H,6-11,16-20H2,1-5H3,(H,45,48,54)(H,43,44,46,47). The van der Waals surface area contributed by atoms with Crippen molar-refractivity contribution < 1.29 is 14.4 Å². The summed E-state index contributed by atoms with van der Waals surface area (Å²) in [6, 6.07) is 9.78. The van der Waals surface area contributed by atoms with Crippen molar-refractivity contribution in [3.63, 3.8) is 0 Å². The van der Waals surface area contributed by atoms with E-state index in [0.29, 0.717) is 89.9 Å². The number of nitrogens with zero attached hydrogens (tertiary/aromatic N) is 7. The predicted octanol–water partition coefficient (Wildman–Crippen LogP) is 6.02. The lowest BCUT2D eigenvalue weighted by molar-refractivity contribution is -0.131. The number of hydrogen-bond acceptors (Lipinski definition) is 12. The van der Waals surface area contributed by atoms with Crippen molar-refractivity contribution in [2.45, 2.75) is 90.5 Å². The molecule has 0 radical (unpaired) electrons. The normalized spacial score (nSPS) is 18.6. The summed E-state index contributed by atoms with van der Waals surface area (Å²) in [4.78, 5) is 74.6. The Balaban J connectivity index is 0.892. The molecule has 0 bridgehead atoms. The fourth-order valence-electron chi connectivity index (χ4n) is 7.71. The molecule has 1 aromatic carbocycles. The fraction of sp³-hybridized carbons (Fsp3) is 0.463. The van der Waals surface area contributed by atoms with Crippen molar-refractivity contribution in [2.24, 2.45) is 4.99 Å². The van der Waals surface area contributed by atoms with Gasteiger partial charge in [-0.15, -0.1) is 0 Å². The number of benzene rings is 1. The van der Waals surface area contributed by atoms with E-state index in [0.717, 1.165) is 42.6 Å². The zero-order valence-electron chi connectivity index (χ0n) is 32.7. The molecule has 3 aromatic heterocycles. The molecule has 2 atom stereocenters. The van der Waals surface area contributed by atoms with Crippen molar-refractivity contribution in [1.29, 1.82) is 0 Å². The Morgan fingerprint density at radius 2 is 1.73 bits per heavy atom. The van der Waals surface area contributed by atoms with Crippen LogP contribution in [-0.2, 0) is 4.79 Å². The van der Waals surface area contributed by atoms with Crippen LogP contribution in [0.1, 0.15) is 97.2 Å². The summed E-state index contributed by atoms with van der Waals surface area (Å²) in [5.41, 5.74) is 4.35. The second-order valence-electron chi connectivity index (χ2n) is 15.0. The second-order valence-corrected chi connectivity index (χ2v) is 16.4. The van der Waals surface area contributed by atoms with Crippen molar-refractivity contribution >= 4 is 68.7 Å². The van der Waals surface area contributed by atoms with E-state index in [1.807, 2.05) is 49.1 Å². The number of Topliss-reactive ketones (excluding diaryl/α,β-unsaturated/α-hetero) is 1. The molecule has 2 aliphatic heterocycles. The van der Waals surface area contributed by atoms with E-state index in [9.17, 15) is 19.2 Å². The van der Waals surface area contributed by atoms with Crippen molar-refractivity contribution in [3.8, 4) is 0 Å². The number of carbonyl (C=O) groups is 3. The molecule has 4 aromatic rings. The molecule has 0 spiro atoms.